The van der Waals surface area contributed by atoms with E-state index in [4.69, 9.17) is 10.1 Å². The summed E-state index contributed by atoms with van der Waals surface area (Å²) in [5.74, 6) is 1.97. The Bertz CT molecular complexity index is 997. The van der Waals surface area contributed by atoms with Gasteiger partial charge in [-0.2, -0.15) is 5.10 Å². The predicted molar refractivity (Wildman–Crippen MR) is 103 cm³/mol. The van der Waals surface area contributed by atoms with E-state index in [1.165, 1.54) is 0 Å². The van der Waals surface area contributed by atoms with Gasteiger partial charge in [0, 0.05) is 48.5 Å². The standard InChI is InChI=1S/C20H23N7/c1-14(2)19-24-20(27(25-19)17-6-7-22-15(3)10-17)18(26-8-4-5-9-26)11-16-12-21-13-23-16/h4-10,12-14,18H,11H2,1-3H3,(H,21,23). The maximum Gasteiger partial charge on any atom is 0.155 e. The molecule has 0 aliphatic rings. The second-order valence-corrected chi connectivity index (χ2v) is 6.98. The molecule has 0 aromatic carbocycles. The van der Waals surface area contributed by atoms with E-state index >= 15 is 0 Å². The van der Waals surface area contributed by atoms with Crippen LogP contribution in [-0.2, 0) is 6.42 Å². The number of hydrogen-bond donors (Lipinski definition) is 1. The highest BCUT2D eigenvalue weighted by Crippen LogP contribution is 2.25. The summed E-state index contributed by atoms with van der Waals surface area (Å²) in [7, 11) is 0. The molecular formula is C20H23N7. The molecule has 0 spiro atoms. The average molecular weight is 361 g/mol. The Morgan fingerprint density at radius 3 is 2.67 bits per heavy atom. The summed E-state index contributed by atoms with van der Waals surface area (Å²) in [6.45, 7) is 6.21. The van der Waals surface area contributed by atoms with E-state index in [-0.39, 0.29) is 12.0 Å². The number of H-pyrrole nitrogens is 1. The van der Waals surface area contributed by atoms with Crippen LogP contribution < -0.4 is 0 Å². The van der Waals surface area contributed by atoms with Gasteiger partial charge < -0.3 is 9.55 Å². The number of aromatic nitrogens is 7. The molecule has 0 bridgehead atoms. The van der Waals surface area contributed by atoms with Gasteiger partial charge in [-0.05, 0) is 31.2 Å². The monoisotopic (exact) mass is 361 g/mol. The van der Waals surface area contributed by atoms with Gasteiger partial charge in [0.05, 0.1) is 18.1 Å². The van der Waals surface area contributed by atoms with Gasteiger partial charge in [0.15, 0.2) is 11.6 Å². The molecule has 7 nitrogen and oxygen atoms in total. The molecule has 1 unspecified atom stereocenters. The smallest absolute Gasteiger partial charge is 0.155 e. The zero-order chi connectivity index (χ0) is 18.8. The molecule has 0 fully saturated rings. The number of aromatic amines is 1. The summed E-state index contributed by atoms with van der Waals surface area (Å²) in [6, 6.07) is 8.05. The molecule has 1 N–H and O–H groups in total. The third kappa shape index (κ3) is 3.53. The van der Waals surface area contributed by atoms with Crippen LogP contribution in [0, 0.1) is 6.92 Å². The molecule has 138 valence electrons. The topological polar surface area (TPSA) is 77.2 Å². The van der Waals surface area contributed by atoms with Gasteiger partial charge in [0.2, 0.25) is 0 Å². The minimum atomic E-state index is -0.00563. The summed E-state index contributed by atoms with van der Waals surface area (Å²) in [5.41, 5.74) is 2.98. The van der Waals surface area contributed by atoms with Gasteiger partial charge in [0.25, 0.3) is 0 Å². The highest BCUT2D eigenvalue weighted by Gasteiger charge is 2.24. The van der Waals surface area contributed by atoms with Crippen molar-refractivity contribution in [1.82, 2.24) is 34.3 Å². The molecule has 7 heteroatoms. The minimum absolute atomic E-state index is 0.00563. The number of imidazole rings is 1. The number of nitrogens with zero attached hydrogens (tertiary/aromatic N) is 6. The fourth-order valence-electron chi connectivity index (χ4n) is 3.14. The second-order valence-electron chi connectivity index (χ2n) is 6.98. The summed E-state index contributed by atoms with van der Waals surface area (Å²) in [6.07, 6.45) is 10.2. The Hall–Kier alpha value is -3.22. The number of pyridine rings is 1. The van der Waals surface area contributed by atoms with Crippen LogP contribution in [0.4, 0.5) is 0 Å². The first-order valence-corrected chi connectivity index (χ1v) is 9.11. The normalized spacial score (nSPS) is 12.6. The molecule has 1 atom stereocenters. The number of aryl methyl sites for hydroxylation is 1. The molecule has 0 saturated carbocycles. The Morgan fingerprint density at radius 2 is 2.00 bits per heavy atom. The lowest BCUT2D eigenvalue weighted by molar-refractivity contribution is 0.530. The Labute approximate surface area is 158 Å². The van der Waals surface area contributed by atoms with Crippen LogP contribution in [0.3, 0.4) is 0 Å². The van der Waals surface area contributed by atoms with Crippen LogP contribution in [0.5, 0.6) is 0 Å². The Morgan fingerprint density at radius 1 is 1.19 bits per heavy atom. The largest absolute Gasteiger partial charge is 0.348 e. The summed E-state index contributed by atoms with van der Waals surface area (Å²) < 4.78 is 4.12. The summed E-state index contributed by atoms with van der Waals surface area (Å²) >= 11 is 0. The van der Waals surface area contributed by atoms with Gasteiger partial charge in [-0.15, -0.1) is 0 Å². The molecule has 4 rings (SSSR count). The third-order valence-electron chi connectivity index (χ3n) is 4.54. The van der Waals surface area contributed by atoms with Crippen LogP contribution >= 0.6 is 0 Å². The van der Waals surface area contributed by atoms with E-state index in [9.17, 15) is 0 Å². The van der Waals surface area contributed by atoms with Crippen molar-refractivity contribution < 1.29 is 0 Å². The summed E-state index contributed by atoms with van der Waals surface area (Å²) in [5, 5.41) is 4.82. The molecule has 4 aromatic rings. The highest BCUT2D eigenvalue weighted by atomic mass is 15.4. The van der Waals surface area contributed by atoms with Crippen molar-refractivity contribution in [2.75, 3.05) is 0 Å². The van der Waals surface area contributed by atoms with Crippen molar-refractivity contribution in [1.29, 1.82) is 0 Å². The van der Waals surface area contributed by atoms with Crippen molar-refractivity contribution in [2.45, 2.75) is 39.2 Å². The number of hydrogen-bond acceptors (Lipinski definition) is 4. The Kier molecular flexibility index (Phi) is 4.58. The van der Waals surface area contributed by atoms with E-state index in [1.807, 2.05) is 48.3 Å². The van der Waals surface area contributed by atoms with E-state index in [0.29, 0.717) is 0 Å². The van der Waals surface area contributed by atoms with E-state index in [0.717, 1.165) is 35.1 Å². The fraction of sp³-hybridized carbons (Fsp3) is 0.300. The maximum atomic E-state index is 4.93. The molecule has 4 aromatic heterocycles. The minimum Gasteiger partial charge on any atom is -0.348 e. The molecule has 0 amide bonds. The van der Waals surface area contributed by atoms with Gasteiger partial charge >= 0.3 is 0 Å². The van der Waals surface area contributed by atoms with Crippen molar-refractivity contribution in [2.24, 2.45) is 0 Å². The van der Waals surface area contributed by atoms with E-state index in [1.54, 1.807) is 6.33 Å². The quantitative estimate of drug-likeness (QED) is 0.571. The van der Waals surface area contributed by atoms with Crippen LogP contribution in [-0.4, -0.2) is 34.3 Å². The fourth-order valence-corrected chi connectivity index (χ4v) is 3.14. The van der Waals surface area contributed by atoms with Crippen LogP contribution in [0.2, 0.25) is 0 Å². The first-order chi connectivity index (χ1) is 13.1. The first-order valence-electron chi connectivity index (χ1n) is 9.11. The number of rotatable bonds is 6. The van der Waals surface area contributed by atoms with Crippen molar-refractivity contribution >= 4 is 0 Å². The molecule has 0 radical (unpaired) electrons. The van der Waals surface area contributed by atoms with Gasteiger partial charge in [-0.3, -0.25) is 4.98 Å². The van der Waals surface area contributed by atoms with E-state index < -0.39 is 0 Å². The molecule has 0 saturated heterocycles. The van der Waals surface area contributed by atoms with Gasteiger partial charge in [-0.1, -0.05) is 13.8 Å². The zero-order valence-electron chi connectivity index (χ0n) is 15.7. The highest BCUT2D eigenvalue weighted by molar-refractivity contribution is 5.33. The molecule has 27 heavy (non-hydrogen) atoms. The third-order valence-corrected chi connectivity index (χ3v) is 4.54. The first kappa shape index (κ1) is 17.2. The van der Waals surface area contributed by atoms with Gasteiger partial charge in [-0.25, -0.2) is 14.6 Å². The van der Waals surface area contributed by atoms with Gasteiger partial charge in [0.1, 0.15) is 0 Å². The maximum absolute atomic E-state index is 4.93. The van der Waals surface area contributed by atoms with Crippen LogP contribution in [0.1, 0.15) is 48.8 Å². The van der Waals surface area contributed by atoms with Crippen LogP contribution in [0.25, 0.3) is 5.69 Å². The SMILES string of the molecule is Cc1cc(-n2nc(C(C)C)nc2C(Cc2cnc[nH]2)n2cccc2)ccn1. The average Bonchev–Trinajstić information content (AvgIpc) is 3.40. The second kappa shape index (κ2) is 7.19. The molecule has 0 aliphatic heterocycles. The van der Waals surface area contributed by atoms with Crippen molar-refractivity contribution in [3.63, 3.8) is 0 Å². The lowest BCUT2D eigenvalue weighted by atomic mass is 10.1. The zero-order valence-corrected chi connectivity index (χ0v) is 15.7. The predicted octanol–water partition coefficient (Wildman–Crippen LogP) is 3.45. The van der Waals surface area contributed by atoms with Crippen LogP contribution in [0.15, 0.2) is 55.4 Å². The molecule has 4 heterocycles. The summed E-state index contributed by atoms with van der Waals surface area (Å²) in [4.78, 5) is 16.6. The lowest BCUT2D eigenvalue weighted by Gasteiger charge is -2.18. The van der Waals surface area contributed by atoms with Crippen molar-refractivity contribution in [3.05, 3.63) is 78.4 Å². The molecule has 0 aliphatic carbocycles. The number of nitrogens with one attached hydrogen (secondary N) is 1. The van der Waals surface area contributed by atoms with Crippen molar-refractivity contribution in [3.8, 4) is 5.69 Å². The lowest BCUT2D eigenvalue weighted by Crippen LogP contribution is -2.18. The molecular weight excluding hydrogens is 338 g/mol. The van der Waals surface area contributed by atoms with E-state index in [2.05, 4.69) is 45.8 Å². The Balaban J connectivity index is 1.85.